The van der Waals surface area contributed by atoms with E-state index in [9.17, 15) is 9.90 Å². The number of aromatic hydroxyl groups is 1. The van der Waals surface area contributed by atoms with E-state index in [-0.39, 0.29) is 30.1 Å². The molecule has 2 aromatic carbocycles. The van der Waals surface area contributed by atoms with Gasteiger partial charge in [0.15, 0.2) is 5.78 Å². The maximum absolute atomic E-state index is 12.7. The third-order valence-corrected chi connectivity index (χ3v) is 5.13. The zero-order valence-corrected chi connectivity index (χ0v) is 16.0. The Hall–Kier alpha value is -2.57. The standard InChI is InChI=1S/C22H25NO5/c1-22(15-27-14-16-5-3-2-4-6-16)13-19(25)21-18(24)11-17(12-20(21)28-22)23-7-9-26-10-8-23/h2-6,11-12,24H,7-10,13-15H2,1H3. The van der Waals surface area contributed by atoms with E-state index in [1.165, 1.54) is 0 Å². The molecule has 0 spiro atoms. The number of fused-ring (bicyclic) bond motifs is 1. The van der Waals surface area contributed by atoms with Crippen molar-refractivity contribution < 1.29 is 24.1 Å². The lowest BCUT2D eigenvalue weighted by Gasteiger charge is -2.36. The first kappa shape index (κ1) is 18.8. The highest BCUT2D eigenvalue weighted by molar-refractivity contribution is 6.03. The second-order valence-electron chi connectivity index (χ2n) is 7.57. The first-order valence-corrected chi connectivity index (χ1v) is 9.58. The summed E-state index contributed by atoms with van der Waals surface area (Å²) < 4.78 is 17.4. The Bertz CT molecular complexity index is 848. The predicted octanol–water partition coefficient (Wildman–Crippen LogP) is 3.17. The molecule has 4 rings (SSSR count). The molecule has 1 unspecified atom stereocenters. The molecule has 2 aromatic rings. The van der Waals surface area contributed by atoms with E-state index in [0.717, 1.165) is 24.3 Å². The van der Waals surface area contributed by atoms with Gasteiger partial charge in [-0.25, -0.2) is 0 Å². The number of ketones is 1. The van der Waals surface area contributed by atoms with Gasteiger partial charge < -0.3 is 24.2 Å². The topological polar surface area (TPSA) is 68.2 Å². The Morgan fingerprint density at radius 2 is 1.93 bits per heavy atom. The Morgan fingerprint density at radius 1 is 1.18 bits per heavy atom. The monoisotopic (exact) mass is 383 g/mol. The summed E-state index contributed by atoms with van der Waals surface area (Å²) in [6.45, 7) is 5.38. The maximum Gasteiger partial charge on any atom is 0.174 e. The summed E-state index contributed by atoms with van der Waals surface area (Å²) in [4.78, 5) is 14.8. The Morgan fingerprint density at radius 3 is 2.68 bits per heavy atom. The summed E-state index contributed by atoms with van der Waals surface area (Å²) in [5.41, 5.74) is 1.40. The van der Waals surface area contributed by atoms with Crippen LogP contribution < -0.4 is 9.64 Å². The number of hydrogen-bond donors (Lipinski definition) is 1. The number of Topliss-reactive ketones (excluding diaryl/α,β-unsaturated/α-hetero) is 1. The van der Waals surface area contributed by atoms with Crippen LogP contribution in [0.4, 0.5) is 5.69 Å². The molecule has 6 nitrogen and oxygen atoms in total. The van der Waals surface area contributed by atoms with Crippen molar-refractivity contribution in [2.24, 2.45) is 0 Å². The van der Waals surface area contributed by atoms with Crippen molar-refractivity contribution in [1.29, 1.82) is 0 Å². The van der Waals surface area contributed by atoms with Gasteiger partial charge in [-0.3, -0.25) is 4.79 Å². The van der Waals surface area contributed by atoms with Crippen LogP contribution in [0.2, 0.25) is 0 Å². The van der Waals surface area contributed by atoms with Crippen LogP contribution in [0.1, 0.15) is 29.3 Å². The van der Waals surface area contributed by atoms with Gasteiger partial charge in [0, 0.05) is 30.9 Å². The van der Waals surface area contributed by atoms with Gasteiger partial charge >= 0.3 is 0 Å². The van der Waals surface area contributed by atoms with Crippen LogP contribution in [0.5, 0.6) is 11.5 Å². The number of morpholine rings is 1. The fourth-order valence-electron chi connectivity index (χ4n) is 3.72. The van der Waals surface area contributed by atoms with E-state index in [1.807, 2.05) is 43.3 Å². The number of phenolic OH excluding ortho intramolecular Hbond substituents is 1. The summed E-state index contributed by atoms with van der Waals surface area (Å²) in [5, 5.41) is 10.4. The lowest BCUT2D eigenvalue weighted by atomic mass is 9.91. The smallest absolute Gasteiger partial charge is 0.174 e. The van der Waals surface area contributed by atoms with Crippen LogP contribution in [-0.2, 0) is 16.1 Å². The van der Waals surface area contributed by atoms with E-state index in [0.29, 0.717) is 25.6 Å². The number of carbonyl (C=O) groups excluding carboxylic acids is 1. The summed E-state index contributed by atoms with van der Waals surface area (Å²) in [7, 11) is 0. The van der Waals surface area contributed by atoms with Crippen LogP contribution in [0.15, 0.2) is 42.5 Å². The van der Waals surface area contributed by atoms with Crippen LogP contribution in [0.25, 0.3) is 0 Å². The molecule has 0 aliphatic carbocycles. The van der Waals surface area contributed by atoms with Gasteiger partial charge in [0.05, 0.1) is 32.8 Å². The van der Waals surface area contributed by atoms with E-state index < -0.39 is 5.60 Å². The zero-order valence-electron chi connectivity index (χ0n) is 16.0. The molecule has 0 amide bonds. The largest absolute Gasteiger partial charge is 0.507 e. The molecular formula is C22H25NO5. The summed E-state index contributed by atoms with van der Waals surface area (Å²) in [5.74, 6) is 0.262. The highest BCUT2D eigenvalue weighted by Gasteiger charge is 2.39. The normalized spacial score (nSPS) is 21.9. The van der Waals surface area contributed by atoms with Gasteiger partial charge in [-0.2, -0.15) is 0 Å². The zero-order chi connectivity index (χ0) is 19.6. The molecule has 1 N–H and O–H groups in total. The van der Waals surface area contributed by atoms with Gasteiger partial charge in [0.25, 0.3) is 0 Å². The molecule has 1 fully saturated rings. The SMILES string of the molecule is CC1(COCc2ccccc2)CC(=O)c2c(O)cc(N3CCOCC3)cc2O1. The Balaban J connectivity index is 1.50. The van der Waals surface area contributed by atoms with Gasteiger partial charge in [-0.15, -0.1) is 0 Å². The fraction of sp³-hybridized carbons (Fsp3) is 0.409. The molecule has 2 aliphatic heterocycles. The number of benzene rings is 2. The second-order valence-corrected chi connectivity index (χ2v) is 7.57. The first-order chi connectivity index (χ1) is 13.5. The van der Waals surface area contributed by atoms with Gasteiger partial charge in [-0.1, -0.05) is 30.3 Å². The Kier molecular flexibility index (Phi) is 5.24. The highest BCUT2D eigenvalue weighted by atomic mass is 16.5. The third kappa shape index (κ3) is 3.98. The minimum absolute atomic E-state index is 0.0313. The van der Waals surface area contributed by atoms with E-state index in [2.05, 4.69) is 4.90 Å². The molecule has 148 valence electrons. The summed E-state index contributed by atoms with van der Waals surface area (Å²) >= 11 is 0. The van der Waals surface area contributed by atoms with Crippen LogP contribution in [-0.4, -0.2) is 49.4 Å². The minimum atomic E-state index is -0.769. The van der Waals surface area contributed by atoms with Gasteiger partial charge in [0.1, 0.15) is 22.7 Å². The number of carbonyl (C=O) groups is 1. The molecule has 0 radical (unpaired) electrons. The fourth-order valence-corrected chi connectivity index (χ4v) is 3.72. The van der Waals surface area contributed by atoms with Crippen molar-refractivity contribution >= 4 is 11.5 Å². The second kappa shape index (κ2) is 7.81. The quantitative estimate of drug-likeness (QED) is 0.855. The predicted molar refractivity (Wildman–Crippen MR) is 105 cm³/mol. The maximum atomic E-state index is 12.7. The van der Waals surface area contributed by atoms with Crippen LogP contribution in [0.3, 0.4) is 0 Å². The number of hydrogen-bond acceptors (Lipinski definition) is 6. The number of ether oxygens (including phenoxy) is 3. The van der Waals surface area contributed by atoms with E-state index in [4.69, 9.17) is 14.2 Å². The molecule has 0 aromatic heterocycles. The van der Waals surface area contributed by atoms with Crippen molar-refractivity contribution in [3.63, 3.8) is 0 Å². The van der Waals surface area contributed by atoms with Crippen molar-refractivity contribution in [2.75, 3.05) is 37.8 Å². The van der Waals surface area contributed by atoms with E-state index in [1.54, 1.807) is 6.07 Å². The molecular weight excluding hydrogens is 358 g/mol. The van der Waals surface area contributed by atoms with Crippen molar-refractivity contribution in [3.05, 3.63) is 53.6 Å². The summed E-state index contributed by atoms with van der Waals surface area (Å²) in [6.07, 6.45) is 0.166. The molecule has 2 heterocycles. The van der Waals surface area contributed by atoms with Crippen LogP contribution >= 0.6 is 0 Å². The number of rotatable bonds is 5. The molecule has 1 atom stereocenters. The Labute approximate surface area is 164 Å². The third-order valence-electron chi connectivity index (χ3n) is 5.13. The lowest BCUT2D eigenvalue weighted by molar-refractivity contribution is -0.0282. The molecule has 6 heteroatoms. The molecule has 0 saturated carbocycles. The summed E-state index contributed by atoms with van der Waals surface area (Å²) in [6, 6.07) is 13.4. The number of phenols is 1. The molecule has 28 heavy (non-hydrogen) atoms. The molecule has 2 aliphatic rings. The van der Waals surface area contributed by atoms with E-state index >= 15 is 0 Å². The van der Waals surface area contributed by atoms with Crippen LogP contribution in [0, 0.1) is 0 Å². The first-order valence-electron chi connectivity index (χ1n) is 9.58. The number of anilines is 1. The lowest BCUT2D eigenvalue weighted by Crippen LogP contribution is -2.43. The minimum Gasteiger partial charge on any atom is -0.507 e. The average Bonchev–Trinajstić information content (AvgIpc) is 2.68. The number of nitrogens with zero attached hydrogens (tertiary/aromatic N) is 1. The van der Waals surface area contributed by atoms with Crippen molar-refractivity contribution in [1.82, 2.24) is 0 Å². The average molecular weight is 383 g/mol. The van der Waals surface area contributed by atoms with Crippen molar-refractivity contribution in [2.45, 2.75) is 25.6 Å². The highest BCUT2D eigenvalue weighted by Crippen LogP contribution is 2.41. The van der Waals surface area contributed by atoms with Gasteiger partial charge in [-0.05, 0) is 12.5 Å². The molecule has 1 saturated heterocycles. The van der Waals surface area contributed by atoms with Gasteiger partial charge in [0.2, 0.25) is 0 Å². The van der Waals surface area contributed by atoms with Crippen molar-refractivity contribution in [3.8, 4) is 11.5 Å². The molecule has 0 bridgehead atoms.